The molecule has 120 valence electrons. The zero-order chi connectivity index (χ0) is 16.2. The predicted octanol–water partition coefficient (Wildman–Crippen LogP) is 3.48. The van der Waals surface area contributed by atoms with Crippen LogP contribution in [0, 0.1) is 5.82 Å². The Kier molecular flexibility index (Phi) is 4.46. The van der Waals surface area contributed by atoms with Crippen LogP contribution in [0.2, 0.25) is 0 Å². The maximum absolute atomic E-state index is 12.9. The number of hydrogen-bond acceptors (Lipinski definition) is 3. The third kappa shape index (κ3) is 3.62. The van der Waals surface area contributed by atoms with Gasteiger partial charge in [0.15, 0.2) is 11.5 Å². The number of hydrogen-bond donors (Lipinski definition) is 1. The maximum Gasteiger partial charge on any atom is 0.251 e. The minimum atomic E-state index is -0.363. The largest absolute Gasteiger partial charge is 0.490 e. The number of halogens is 1. The predicted molar refractivity (Wildman–Crippen MR) is 84.3 cm³/mol. The number of nitrogens with one attached hydrogen (secondary N) is 1. The van der Waals surface area contributed by atoms with Crippen molar-refractivity contribution in [2.24, 2.45) is 0 Å². The van der Waals surface area contributed by atoms with Crippen molar-refractivity contribution in [3.63, 3.8) is 0 Å². The van der Waals surface area contributed by atoms with E-state index in [-0.39, 0.29) is 17.8 Å². The molecule has 0 unspecified atom stereocenters. The lowest BCUT2D eigenvalue weighted by atomic mass is 10.1. The Bertz CT molecular complexity index is 700. The van der Waals surface area contributed by atoms with Crippen molar-refractivity contribution in [1.29, 1.82) is 0 Å². The summed E-state index contributed by atoms with van der Waals surface area (Å²) in [6, 6.07) is 10.9. The van der Waals surface area contributed by atoms with Gasteiger partial charge in [0.1, 0.15) is 5.82 Å². The maximum atomic E-state index is 12.9. The summed E-state index contributed by atoms with van der Waals surface area (Å²) in [6.45, 7) is 3.15. The summed E-state index contributed by atoms with van der Waals surface area (Å²) >= 11 is 0. The van der Waals surface area contributed by atoms with Crippen molar-refractivity contribution in [2.45, 2.75) is 19.4 Å². The lowest BCUT2D eigenvalue weighted by Crippen LogP contribution is -2.26. The molecule has 1 aliphatic rings. The first-order valence-corrected chi connectivity index (χ1v) is 7.59. The second kappa shape index (κ2) is 6.69. The van der Waals surface area contributed by atoms with Gasteiger partial charge in [0.2, 0.25) is 0 Å². The first-order chi connectivity index (χ1) is 11.1. The number of rotatable bonds is 3. The molecule has 1 heterocycles. The van der Waals surface area contributed by atoms with Gasteiger partial charge in [-0.05, 0) is 48.9 Å². The molecule has 0 saturated carbocycles. The van der Waals surface area contributed by atoms with E-state index in [2.05, 4.69) is 5.32 Å². The number of ether oxygens (including phenoxy) is 2. The van der Waals surface area contributed by atoms with Gasteiger partial charge >= 0.3 is 0 Å². The van der Waals surface area contributed by atoms with Gasteiger partial charge in [-0.15, -0.1) is 0 Å². The van der Waals surface area contributed by atoms with Crippen molar-refractivity contribution < 1.29 is 18.7 Å². The Morgan fingerprint density at radius 2 is 1.78 bits per heavy atom. The normalized spacial score (nSPS) is 14.7. The molecule has 1 aliphatic heterocycles. The van der Waals surface area contributed by atoms with E-state index < -0.39 is 0 Å². The molecule has 0 saturated heterocycles. The highest BCUT2D eigenvalue weighted by Gasteiger charge is 2.15. The number of carbonyl (C=O) groups is 1. The smallest absolute Gasteiger partial charge is 0.251 e. The van der Waals surface area contributed by atoms with Gasteiger partial charge in [0.05, 0.1) is 19.3 Å². The molecule has 3 rings (SSSR count). The molecule has 0 radical (unpaired) electrons. The fourth-order valence-corrected chi connectivity index (χ4v) is 2.41. The summed E-state index contributed by atoms with van der Waals surface area (Å²) in [7, 11) is 0. The summed E-state index contributed by atoms with van der Waals surface area (Å²) < 4.78 is 24.2. The lowest BCUT2D eigenvalue weighted by Gasteiger charge is -2.16. The monoisotopic (exact) mass is 315 g/mol. The molecular formula is C18H18FNO3. The Balaban J connectivity index is 1.72. The Labute approximate surface area is 134 Å². The fraction of sp³-hybridized carbons (Fsp3) is 0.278. The van der Waals surface area contributed by atoms with Crippen molar-refractivity contribution in [2.75, 3.05) is 13.2 Å². The van der Waals surface area contributed by atoms with Crippen LogP contribution in [0.3, 0.4) is 0 Å². The van der Waals surface area contributed by atoms with Crippen molar-refractivity contribution in [3.8, 4) is 11.5 Å². The summed E-state index contributed by atoms with van der Waals surface area (Å²) in [5, 5.41) is 2.90. The number of fused-ring (bicyclic) bond motifs is 1. The second-order valence-electron chi connectivity index (χ2n) is 5.46. The molecule has 1 N–H and O–H groups in total. The topological polar surface area (TPSA) is 47.6 Å². The van der Waals surface area contributed by atoms with E-state index in [1.807, 2.05) is 25.1 Å². The van der Waals surface area contributed by atoms with E-state index in [1.165, 1.54) is 24.3 Å². The van der Waals surface area contributed by atoms with Crippen molar-refractivity contribution in [3.05, 3.63) is 59.4 Å². The standard InChI is InChI=1S/C18H18FNO3/c1-12(20-18(21)13-3-6-15(19)7-4-13)14-5-8-16-17(11-14)23-10-2-9-22-16/h3-8,11-12H,2,9-10H2,1H3,(H,20,21)/t12-/m0/s1. The van der Waals surface area contributed by atoms with Gasteiger partial charge in [0.25, 0.3) is 5.91 Å². The summed E-state index contributed by atoms with van der Waals surface area (Å²) in [4.78, 5) is 12.2. The summed E-state index contributed by atoms with van der Waals surface area (Å²) in [5.41, 5.74) is 1.34. The number of carbonyl (C=O) groups excluding carboxylic acids is 1. The van der Waals surface area contributed by atoms with Crippen LogP contribution in [0.4, 0.5) is 4.39 Å². The molecular weight excluding hydrogens is 297 g/mol. The molecule has 23 heavy (non-hydrogen) atoms. The molecule has 0 bridgehead atoms. The molecule has 0 fully saturated rings. The van der Waals surface area contributed by atoms with Gasteiger partial charge < -0.3 is 14.8 Å². The molecule has 0 aliphatic carbocycles. The van der Waals surface area contributed by atoms with Crippen LogP contribution in [0.15, 0.2) is 42.5 Å². The first kappa shape index (κ1) is 15.3. The average molecular weight is 315 g/mol. The van der Waals surface area contributed by atoms with Gasteiger partial charge in [-0.1, -0.05) is 6.07 Å². The van der Waals surface area contributed by atoms with Crippen LogP contribution >= 0.6 is 0 Å². The van der Waals surface area contributed by atoms with Crippen LogP contribution in [0.1, 0.15) is 35.3 Å². The van der Waals surface area contributed by atoms with E-state index in [1.54, 1.807) is 0 Å². The minimum Gasteiger partial charge on any atom is -0.490 e. The Hall–Kier alpha value is -2.56. The molecule has 4 nitrogen and oxygen atoms in total. The Morgan fingerprint density at radius 1 is 1.09 bits per heavy atom. The van der Waals surface area contributed by atoms with Crippen LogP contribution in [-0.2, 0) is 0 Å². The summed E-state index contributed by atoms with van der Waals surface area (Å²) in [5.74, 6) is 0.813. The summed E-state index contributed by atoms with van der Waals surface area (Å²) in [6.07, 6.45) is 0.848. The molecule has 5 heteroatoms. The van der Waals surface area contributed by atoms with Gasteiger partial charge in [0, 0.05) is 12.0 Å². The molecule has 0 spiro atoms. The average Bonchev–Trinajstić information content (AvgIpc) is 2.79. The SMILES string of the molecule is C[C@H](NC(=O)c1ccc(F)cc1)c1ccc2c(c1)OCCCO2. The van der Waals surface area contributed by atoms with Crippen LogP contribution in [-0.4, -0.2) is 19.1 Å². The lowest BCUT2D eigenvalue weighted by molar-refractivity contribution is 0.0939. The second-order valence-corrected chi connectivity index (χ2v) is 5.46. The quantitative estimate of drug-likeness (QED) is 0.943. The third-order valence-corrected chi connectivity index (χ3v) is 3.73. The zero-order valence-corrected chi connectivity index (χ0v) is 12.8. The molecule has 0 aromatic heterocycles. The Morgan fingerprint density at radius 3 is 2.52 bits per heavy atom. The molecule has 1 atom stereocenters. The van der Waals surface area contributed by atoms with Crippen molar-refractivity contribution in [1.82, 2.24) is 5.32 Å². The van der Waals surface area contributed by atoms with E-state index in [4.69, 9.17) is 9.47 Å². The van der Waals surface area contributed by atoms with E-state index in [0.717, 1.165) is 17.7 Å². The first-order valence-electron chi connectivity index (χ1n) is 7.59. The fourth-order valence-electron chi connectivity index (χ4n) is 2.41. The minimum absolute atomic E-state index is 0.204. The number of amides is 1. The highest BCUT2D eigenvalue weighted by molar-refractivity contribution is 5.94. The van der Waals surface area contributed by atoms with Crippen LogP contribution < -0.4 is 14.8 Å². The third-order valence-electron chi connectivity index (χ3n) is 3.73. The van der Waals surface area contributed by atoms with Gasteiger partial charge in [-0.3, -0.25) is 4.79 Å². The van der Waals surface area contributed by atoms with E-state index in [9.17, 15) is 9.18 Å². The van der Waals surface area contributed by atoms with Crippen molar-refractivity contribution >= 4 is 5.91 Å². The number of benzene rings is 2. The highest BCUT2D eigenvalue weighted by Crippen LogP contribution is 2.32. The van der Waals surface area contributed by atoms with E-state index >= 15 is 0 Å². The van der Waals surface area contributed by atoms with Crippen LogP contribution in [0.25, 0.3) is 0 Å². The van der Waals surface area contributed by atoms with Crippen LogP contribution in [0.5, 0.6) is 11.5 Å². The van der Waals surface area contributed by atoms with Gasteiger partial charge in [-0.25, -0.2) is 4.39 Å². The molecule has 2 aromatic rings. The molecule has 1 amide bonds. The van der Waals surface area contributed by atoms with E-state index in [0.29, 0.717) is 24.5 Å². The highest BCUT2D eigenvalue weighted by atomic mass is 19.1. The zero-order valence-electron chi connectivity index (χ0n) is 12.8. The molecule has 2 aromatic carbocycles. The van der Waals surface area contributed by atoms with Gasteiger partial charge in [-0.2, -0.15) is 0 Å².